The zero-order valence-electron chi connectivity index (χ0n) is 11.3. The van der Waals surface area contributed by atoms with Gasteiger partial charge in [0.15, 0.2) is 0 Å². The second-order valence-corrected chi connectivity index (χ2v) is 4.60. The van der Waals surface area contributed by atoms with Gasteiger partial charge in [-0.3, -0.25) is 0 Å². The highest BCUT2D eigenvalue weighted by Gasteiger charge is 2.13. The van der Waals surface area contributed by atoms with Gasteiger partial charge in [-0.25, -0.2) is 5.01 Å². The molecule has 2 aromatic carbocycles. The molecule has 0 saturated heterocycles. The fraction of sp³-hybridized carbons (Fsp3) is 0.250. The fourth-order valence-electron chi connectivity index (χ4n) is 1.99. The van der Waals surface area contributed by atoms with Crippen molar-refractivity contribution in [2.24, 2.45) is 5.29 Å². The molecule has 0 radical (unpaired) electrons. The molecule has 0 N–H and O–H groups in total. The third-order valence-electron chi connectivity index (χ3n) is 3.34. The Morgan fingerprint density at radius 3 is 2.11 bits per heavy atom. The molecular weight excluding hydrogens is 236 g/mol. The first kappa shape index (κ1) is 13.3. The van der Waals surface area contributed by atoms with Crippen LogP contribution in [-0.4, -0.2) is 6.04 Å². The third kappa shape index (κ3) is 2.99. The van der Waals surface area contributed by atoms with Gasteiger partial charge in [-0.05, 0) is 36.6 Å². The third-order valence-corrected chi connectivity index (χ3v) is 3.34. The Labute approximate surface area is 113 Å². The summed E-state index contributed by atoms with van der Waals surface area (Å²) in [7, 11) is 0. The van der Waals surface area contributed by atoms with Gasteiger partial charge in [0.05, 0.1) is 17.0 Å². The predicted molar refractivity (Wildman–Crippen MR) is 79.9 cm³/mol. The maximum absolute atomic E-state index is 10.9. The SMILES string of the molecule is CCC(C)N(N=O)c1ccc(-c2ccccc2)cc1. The Morgan fingerprint density at radius 2 is 1.58 bits per heavy atom. The number of nitroso groups, excluding NO2 is 1. The molecule has 1 atom stereocenters. The van der Waals surface area contributed by atoms with E-state index in [4.69, 9.17) is 0 Å². The smallest absolute Gasteiger partial charge is 0.0629 e. The first-order valence-electron chi connectivity index (χ1n) is 6.54. The van der Waals surface area contributed by atoms with Crippen LogP contribution in [0.15, 0.2) is 59.9 Å². The van der Waals surface area contributed by atoms with Crippen LogP contribution in [0.5, 0.6) is 0 Å². The van der Waals surface area contributed by atoms with Crippen LogP contribution in [0.2, 0.25) is 0 Å². The van der Waals surface area contributed by atoms with E-state index in [2.05, 4.69) is 17.4 Å². The summed E-state index contributed by atoms with van der Waals surface area (Å²) in [6.45, 7) is 4.04. The van der Waals surface area contributed by atoms with E-state index < -0.39 is 0 Å². The van der Waals surface area contributed by atoms with Gasteiger partial charge in [0.25, 0.3) is 0 Å². The summed E-state index contributed by atoms with van der Waals surface area (Å²) in [4.78, 5) is 10.9. The van der Waals surface area contributed by atoms with E-state index in [0.29, 0.717) is 0 Å². The van der Waals surface area contributed by atoms with Crippen molar-refractivity contribution in [2.75, 3.05) is 5.01 Å². The molecule has 0 amide bonds. The maximum Gasteiger partial charge on any atom is 0.0629 e. The molecule has 0 aliphatic rings. The molecule has 3 nitrogen and oxygen atoms in total. The Balaban J connectivity index is 2.25. The van der Waals surface area contributed by atoms with E-state index >= 15 is 0 Å². The van der Waals surface area contributed by atoms with Crippen molar-refractivity contribution in [2.45, 2.75) is 26.3 Å². The molecule has 0 aliphatic carbocycles. The Morgan fingerprint density at radius 1 is 1.00 bits per heavy atom. The van der Waals surface area contributed by atoms with Gasteiger partial charge in [-0.1, -0.05) is 49.4 Å². The summed E-state index contributed by atoms with van der Waals surface area (Å²) >= 11 is 0. The number of rotatable bonds is 5. The minimum absolute atomic E-state index is 0.111. The van der Waals surface area contributed by atoms with Gasteiger partial charge in [-0.15, -0.1) is 4.91 Å². The van der Waals surface area contributed by atoms with Crippen LogP contribution >= 0.6 is 0 Å². The standard InChI is InChI=1S/C16H18N2O/c1-3-13(2)18(17-19)16-11-9-15(10-12-16)14-7-5-4-6-8-14/h4-13H,3H2,1-2H3. The lowest BCUT2D eigenvalue weighted by Gasteiger charge is -2.21. The normalized spacial score (nSPS) is 11.9. The summed E-state index contributed by atoms with van der Waals surface area (Å²) in [6, 6.07) is 18.2. The van der Waals surface area contributed by atoms with Crippen LogP contribution in [0.1, 0.15) is 20.3 Å². The fourth-order valence-corrected chi connectivity index (χ4v) is 1.99. The van der Waals surface area contributed by atoms with Gasteiger partial charge in [0.2, 0.25) is 0 Å². The van der Waals surface area contributed by atoms with Gasteiger partial charge in [0, 0.05) is 0 Å². The van der Waals surface area contributed by atoms with Gasteiger partial charge in [0.1, 0.15) is 0 Å². The van der Waals surface area contributed by atoms with Gasteiger partial charge in [-0.2, -0.15) is 0 Å². The topological polar surface area (TPSA) is 32.7 Å². The number of hydrogen-bond acceptors (Lipinski definition) is 2. The van der Waals surface area contributed by atoms with Crippen molar-refractivity contribution in [1.29, 1.82) is 0 Å². The molecule has 3 heteroatoms. The maximum atomic E-state index is 10.9. The first-order valence-corrected chi connectivity index (χ1v) is 6.54. The average Bonchev–Trinajstić information content (AvgIpc) is 2.49. The molecule has 0 aliphatic heterocycles. The number of benzene rings is 2. The molecule has 0 aromatic heterocycles. The minimum atomic E-state index is 0.111. The van der Waals surface area contributed by atoms with E-state index in [-0.39, 0.29) is 6.04 Å². The van der Waals surface area contributed by atoms with E-state index in [0.717, 1.165) is 17.7 Å². The summed E-state index contributed by atoms with van der Waals surface area (Å²) in [5.74, 6) is 0. The molecule has 2 rings (SSSR count). The molecule has 2 aromatic rings. The summed E-state index contributed by atoms with van der Waals surface area (Å²) in [5.41, 5.74) is 3.14. The van der Waals surface area contributed by atoms with E-state index in [1.165, 1.54) is 10.6 Å². The molecule has 0 saturated carbocycles. The van der Waals surface area contributed by atoms with Crippen LogP contribution in [-0.2, 0) is 0 Å². The van der Waals surface area contributed by atoms with Gasteiger partial charge < -0.3 is 0 Å². The predicted octanol–water partition coefficient (Wildman–Crippen LogP) is 4.64. The lowest BCUT2D eigenvalue weighted by molar-refractivity contribution is 0.632. The Hall–Kier alpha value is -2.16. The van der Waals surface area contributed by atoms with E-state index in [9.17, 15) is 4.91 Å². The summed E-state index contributed by atoms with van der Waals surface area (Å²) in [5, 5.41) is 4.64. The summed E-state index contributed by atoms with van der Waals surface area (Å²) < 4.78 is 0. The number of hydrogen-bond donors (Lipinski definition) is 0. The quantitative estimate of drug-likeness (QED) is 0.575. The lowest BCUT2D eigenvalue weighted by Crippen LogP contribution is -2.26. The zero-order chi connectivity index (χ0) is 13.7. The molecule has 0 heterocycles. The van der Waals surface area contributed by atoms with Crippen LogP contribution in [0.25, 0.3) is 11.1 Å². The molecular formula is C16H18N2O. The number of anilines is 1. The van der Waals surface area contributed by atoms with Crippen molar-refractivity contribution < 1.29 is 0 Å². The van der Waals surface area contributed by atoms with Crippen LogP contribution in [0, 0.1) is 4.91 Å². The lowest BCUT2D eigenvalue weighted by atomic mass is 10.1. The second-order valence-electron chi connectivity index (χ2n) is 4.60. The molecule has 0 bridgehead atoms. The van der Waals surface area contributed by atoms with Crippen molar-refractivity contribution in [3.05, 3.63) is 59.5 Å². The highest BCUT2D eigenvalue weighted by molar-refractivity contribution is 5.66. The summed E-state index contributed by atoms with van der Waals surface area (Å²) in [6.07, 6.45) is 0.881. The first-order chi connectivity index (χ1) is 9.26. The zero-order valence-corrected chi connectivity index (χ0v) is 11.3. The van der Waals surface area contributed by atoms with Gasteiger partial charge >= 0.3 is 0 Å². The van der Waals surface area contributed by atoms with Crippen LogP contribution < -0.4 is 5.01 Å². The molecule has 98 valence electrons. The monoisotopic (exact) mass is 254 g/mol. The molecule has 0 spiro atoms. The largest absolute Gasteiger partial charge is 0.227 e. The van der Waals surface area contributed by atoms with Crippen LogP contribution in [0.4, 0.5) is 5.69 Å². The molecule has 0 fully saturated rings. The molecule has 19 heavy (non-hydrogen) atoms. The van der Waals surface area contributed by atoms with Crippen LogP contribution in [0.3, 0.4) is 0 Å². The van der Waals surface area contributed by atoms with E-state index in [1.54, 1.807) is 0 Å². The van der Waals surface area contributed by atoms with Crippen molar-refractivity contribution in [3.63, 3.8) is 0 Å². The van der Waals surface area contributed by atoms with Crippen molar-refractivity contribution >= 4 is 5.69 Å². The highest BCUT2D eigenvalue weighted by atomic mass is 16.3. The van der Waals surface area contributed by atoms with Crippen molar-refractivity contribution in [3.8, 4) is 11.1 Å². The van der Waals surface area contributed by atoms with E-state index in [1.807, 2.05) is 56.3 Å². The van der Waals surface area contributed by atoms with Crippen molar-refractivity contribution in [1.82, 2.24) is 0 Å². The molecule has 1 unspecified atom stereocenters. The second kappa shape index (κ2) is 6.14. The average molecular weight is 254 g/mol. The number of nitrogens with zero attached hydrogens (tertiary/aromatic N) is 2. The Bertz CT molecular complexity index is 522. The minimum Gasteiger partial charge on any atom is -0.227 e. The highest BCUT2D eigenvalue weighted by Crippen LogP contribution is 2.24. The Kier molecular flexibility index (Phi) is 4.29.